The SMILES string of the molecule is O=[N+]([O-])C1([N+](=O)[O-])CC2C3C4C(C31)C([N+](=O)[O-])([N+](=O)[O-])CC4C2([N+](=O)[O-])[N+](=O)[O-]. The summed E-state index contributed by atoms with van der Waals surface area (Å²) >= 11 is 0. The van der Waals surface area contributed by atoms with Crippen molar-refractivity contribution in [3.05, 3.63) is 60.7 Å². The van der Waals surface area contributed by atoms with Crippen molar-refractivity contribution in [2.45, 2.75) is 29.8 Å². The molecule has 29 heavy (non-hydrogen) atoms. The molecule has 6 unspecified atom stereocenters. The van der Waals surface area contributed by atoms with Crippen LogP contribution in [0.5, 0.6) is 0 Å². The first-order valence-electron chi connectivity index (χ1n) is 8.21. The fourth-order valence-electron chi connectivity index (χ4n) is 6.90. The van der Waals surface area contributed by atoms with Crippen LogP contribution in [0.2, 0.25) is 0 Å². The maximum atomic E-state index is 11.8. The van der Waals surface area contributed by atoms with Crippen LogP contribution in [0.25, 0.3) is 0 Å². The van der Waals surface area contributed by atoms with Gasteiger partial charge in [-0.3, -0.25) is 60.7 Å². The van der Waals surface area contributed by atoms with Gasteiger partial charge in [-0.15, -0.1) is 0 Å². The number of hydrogen-bond acceptors (Lipinski definition) is 12. The number of nitro groups is 6. The molecule has 4 rings (SSSR count). The lowest BCUT2D eigenvalue weighted by Crippen LogP contribution is -2.66. The van der Waals surface area contributed by atoms with E-state index in [-0.39, 0.29) is 0 Å². The highest BCUT2D eigenvalue weighted by molar-refractivity contribution is 5.27. The smallest absolute Gasteiger partial charge is 0.258 e. The molecule has 0 aromatic carbocycles. The largest absolute Gasteiger partial charge is 0.465 e. The van der Waals surface area contributed by atoms with E-state index in [2.05, 4.69) is 0 Å². The molecule has 18 heteroatoms. The average molecular weight is 418 g/mol. The predicted molar refractivity (Wildman–Crippen MR) is 80.3 cm³/mol. The van der Waals surface area contributed by atoms with Crippen LogP contribution in [-0.4, -0.2) is 46.5 Å². The lowest BCUT2D eigenvalue weighted by molar-refractivity contribution is -0.832. The Bertz CT molecular complexity index is 831. The monoisotopic (exact) mass is 418 g/mol. The molecule has 0 radical (unpaired) electrons. The first kappa shape index (κ1) is 18.7. The zero-order valence-corrected chi connectivity index (χ0v) is 14.0. The quantitative estimate of drug-likeness (QED) is 0.293. The van der Waals surface area contributed by atoms with Crippen LogP contribution in [0.4, 0.5) is 0 Å². The molecule has 0 bridgehead atoms. The van der Waals surface area contributed by atoms with Crippen LogP contribution in [-0.2, 0) is 0 Å². The van der Waals surface area contributed by atoms with Gasteiger partial charge in [0.15, 0.2) is 0 Å². The second-order valence-corrected chi connectivity index (χ2v) is 7.91. The van der Waals surface area contributed by atoms with E-state index in [1.54, 1.807) is 0 Å². The van der Waals surface area contributed by atoms with Crippen molar-refractivity contribution >= 4 is 0 Å². The summed E-state index contributed by atoms with van der Waals surface area (Å²) in [6, 6.07) is 0. The van der Waals surface area contributed by atoms with E-state index in [9.17, 15) is 60.7 Å². The average Bonchev–Trinajstić information content (AvgIpc) is 3.07. The minimum atomic E-state index is -3.21. The molecular formula is C11H10N6O12. The van der Waals surface area contributed by atoms with E-state index < -0.39 is 94.9 Å². The van der Waals surface area contributed by atoms with Gasteiger partial charge < -0.3 is 0 Å². The Morgan fingerprint density at radius 3 is 1.00 bits per heavy atom. The lowest BCUT2D eigenvalue weighted by Gasteiger charge is -2.42. The number of fused-ring (bicyclic) bond motifs is 1. The van der Waals surface area contributed by atoms with E-state index in [0.29, 0.717) is 0 Å². The van der Waals surface area contributed by atoms with E-state index in [0.717, 1.165) is 0 Å². The van der Waals surface area contributed by atoms with Crippen molar-refractivity contribution in [3.8, 4) is 0 Å². The summed E-state index contributed by atoms with van der Waals surface area (Å²) in [7, 11) is 0. The van der Waals surface area contributed by atoms with E-state index in [1.165, 1.54) is 0 Å². The van der Waals surface area contributed by atoms with Crippen LogP contribution in [0.15, 0.2) is 0 Å². The molecule has 18 nitrogen and oxygen atoms in total. The minimum absolute atomic E-state index is 1.20. The first-order valence-corrected chi connectivity index (χ1v) is 8.21. The molecule has 0 aliphatic heterocycles. The van der Waals surface area contributed by atoms with Crippen LogP contribution in [0.3, 0.4) is 0 Å². The molecule has 4 saturated carbocycles. The van der Waals surface area contributed by atoms with E-state index in [1.807, 2.05) is 0 Å². The van der Waals surface area contributed by atoms with Gasteiger partial charge in [-0.05, 0) is 11.8 Å². The molecular weight excluding hydrogens is 408 g/mol. The van der Waals surface area contributed by atoms with Crippen molar-refractivity contribution in [2.24, 2.45) is 35.5 Å². The fraction of sp³-hybridized carbons (Fsp3) is 1.00. The third-order valence-electron chi connectivity index (χ3n) is 7.64. The molecule has 0 spiro atoms. The standard InChI is InChI=1S/C11H10N6O12/c18-12(19)9(13(20)21)1-3-5-6-4(11(3,16(26)27)17(28)29)2-10(14(22)23,15(24)25)8(6)7(5)9/h3-8H,1-2H2. The molecule has 0 amide bonds. The van der Waals surface area contributed by atoms with Gasteiger partial charge >= 0.3 is 17.0 Å². The zero-order valence-electron chi connectivity index (χ0n) is 14.0. The van der Waals surface area contributed by atoms with Gasteiger partial charge in [-0.2, -0.15) is 0 Å². The Hall–Kier alpha value is -3.60. The van der Waals surface area contributed by atoms with Crippen LogP contribution >= 0.6 is 0 Å². The summed E-state index contributed by atoms with van der Waals surface area (Å²) in [5.41, 5.74) is -9.62. The van der Waals surface area contributed by atoms with Gasteiger partial charge in [-0.25, -0.2) is 0 Å². The second kappa shape index (κ2) is 4.87. The summed E-state index contributed by atoms with van der Waals surface area (Å²) in [4.78, 5) is 62.2. The third-order valence-corrected chi connectivity index (χ3v) is 7.64. The number of hydrogen-bond donors (Lipinski definition) is 0. The van der Waals surface area contributed by atoms with Gasteiger partial charge in [0.1, 0.15) is 36.5 Å². The highest BCUT2D eigenvalue weighted by Crippen LogP contribution is 2.80. The molecule has 0 aromatic heterocycles. The van der Waals surface area contributed by atoms with Crippen molar-refractivity contribution in [3.63, 3.8) is 0 Å². The highest BCUT2D eigenvalue weighted by Gasteiger charge is 3.03. The molecule has 4 fully saturated rings. The fourth-order valence-corrected chi connectivity index (χ4v) is 6.90. The summed E-state index contributed by atoms with van der Waals surface area (Å²) in [6.07, 6.45) is -2.39. The Balaban J connectivity index is 2.05. The maximum Gasteiger partial charge on any atom is 0.465 e. The van der Waals surface area contributed by atoms with Gasteiger partial charge in [0.25, 0.3) is 0 Å². The molecule has 4 aliphatic rings. The summed E-state index contributed by atoms with van der Waals surface area (Å²) < 4.78 is 0. The third kappa shape index (κ3) is 1.50. The minimum Gasteiger partial charge on any atom is -0.258 e. The van der Waals surface area contributed by atoms with Crippen LogP contribution in [0.1, 0.15) is 12.8 Å². The Kier molecular flexibility index (Phi) is 3.15. The zero-order chi connectivity index (χ0) is 21.8. The molecule has 0 saturated heterocycles. The number of nitrogens with zero attached hydrogens (tertiary/aromatic N) is 6. The summed E-state index contributed by atoms with van der Waals surface area (Å²) in [5, 5.41) is 70.5. The van der Waals surface area contributed by atoms with Crippen molar-refractivity contribution in [1.29, 1.82) is 0 Å². The molecule has 156 valence electrons. The lowest BCUT2D eigenvalue weighted by atomic mass is 9.55. The highest BCUT2D eigenvalue weighted by atomic mass is 16.7. The van der Waals surface area contributed by atoms with Gasteiger partial charge in [0.05, 0.1) is 29.5 Å². The van der Waals surface area contributed by atoms with Crippen molar-refractivity contribution in [1.82, 2.24) is 0 Å². The topological polar surface area (TPSA) is 259 Å². The first-order chi connectivity index (χ1) is 13.3. The van der Waals surface area contributed by atoms with Gasteiger partial charge in [0.2, 0.25) is 0 Å². The molecule has 0 aromatic rings. The Morgan fingerprint density at radius 2 is 0.793 bits per heavy atom. The summed E-state index contributed by atoms with van der Waals surface area (Å²) in [6.45, 7) is 0. The van der Waals surface area contributed by atoms with E-state index >= 15 is 0 Å². The molecule has 0 heterocycles. The molecule has 0 N–H and O–H groups in total. The predicted octanol–water partition coefficient (Wildman–Crippen LogP) is -0.733. The molecule has 6 atom stereocenters. The molecule has 4 aliphatic carbocycles. The van der Waals surface area contributed by atoms with Crippen molar-refractivity contribution < 1.29 is 29.5 Å². The normalized spacial score (nSPS) is 38.5. The van der Waals surface area contributed by atoms with Crippen LogP contribution < -0.4 is 0 Å². The van der Waals surface area contributed by atoms with Gasteiger partial charge in [0, 0.05) is 0 Å². The Morgan fingerprint density at radius 1 is 0.517 bits per heavy atom. The van der Waals surface area contributed by atoms with Crippen LogP contribution in [0, 0.1) is 96.2 Å². The summed E-state index contributed by atoms with van der Waals surface area (Å²) in [5.74, 6) is -9.95. The number of rotatable bonds is 6. The van der Waals surface area contributed by atoms with Gasteiger partial charge in [-0.1, -0.05) is 0 Å². The van der Waals surface area contributed by atoms with E-state index in [4.69, 9.17) is 0 Å². The second-order valence-electron chi connectivity index (χ2n) is 7.91. The van der Waals surface area contributed by atoms with Crippen molar-refractivity contribution in [2.75, 3.05) is 0 Å². The Labute approximate surface area is 156 Å². The maximum absolute atomic E-state index is 11.8.